The maximum Gasteiger partial charge on any atom is 0.131 e. The van der Waals surface area contributed by atoms with Crippen molar-refractivity contribution in [3.8, 4) is 0 Å². The highest BCUT2D eigenvalue weighted by molar-refractivity contribution is 5.85. The molecule has 2 nitrogen and oxygen atoms in total. The Hall–Kier alpha value is -0.710. The summed E-state index contributed by atoms with van der Waals surface area (Å²) in [6.07, 6.45) is -0.527. The fourth-order valence-corrected chi connectivity index (χ4v) is 1.65. The fourth-order valence-electron chi connectivity index (χ4n) is 1.65. The van der Waals surface area contributed by atoms with Crippen molar-refractivity contribution in [2.45, 2.75) is 32.4 Å². The quantitative estimate of drug-likeness (QED) is 0.879. The van der Waals surface area contributed by atoms with Crippen molar-refractivity contribution in [3.05, 3.63) is 35.4 Å². The lowest BCUT2D eigenvalue weighted by atomic mass is 9.95. The van der Waals surface area contributed by atoms with Crippen molar-refractivity contribution < 1.29 is 13.9 Å². The van der Waals surface area contributed by atoms with Gasteiger partial charge in [-0.2, -0.15) is 0 Å². The third-order valence-corrected chi connectivity index (χ3v) is 2.46. The van der Waals surface area contributed by atoms with Crippen LogP contribution in [-0.4, -0.2) is 11.2 Å². The van der Waals surface area contributed by atoms with Crippen LogP contribution in [0.2, 0.25) is 0 Å². The number of rotatable bonds is 4. The van der Waals surface area contributed by atoms with Gasteiger partial charge >= 0.3 is 0 Å². The molecule has 0 aromatic heterocycles. The molecule has 3 N–H and O–H groups in total. The van der Waals surface area contributed by atoms with Crippen LogP contribution in [0.1, 0.15) is 31.9 Å². The van der Waals surface area contributed by atoms with E-state index in [-0.39, 0.29) is 23.9 Å². The molecule has 17 heavy (non-hydrogen) atoms. The van der Waals surface area contributed by atoms with E-state index in [2.05, 4.69) is 0 Å². The Morgan fingerprint density at radius 2 is 1.71 bits per heavy atom. The predicted molar refractivity (Wildman–Crippen MR) is 66.0 cm³/mol. The van der Waals surface area contributed by atoms with Gasteiger partial charge in [0.1, 0.15) is 11.6 Å². The molecule has 0 aliphatic rings. The van der Waals surface area contributed by atoms with Gasteiger partial charge in [0, 0.05) is 5.56 Å². The predicted octanol–water partition coefficient (Wildman–Crippen LogP) is 2.79. The normalized spacial score (nSPS) is 14.3. The van der Waals surface area contributed by atoms with Crippen LogP contribution >= 0.6 is 12.4 Å². The van der Waals surface area contributed by atoms with Gasteiger partial charge in [0.2, 0.25) is 0 Å². The maximum atomic E-state index is 13.4. The van der Waals surface area contributed by atoms with Crippen molar-refractivity contribution in [2.75, 3.05) is 0 Å². The van der Waals surface area contributed by atoms with Gasteiger partial charge in [-0.15, -0.1) is 12.4 Å². The molecule has 5 heteroatoms. The lowest BCUT2D eigenvalue weighted by Crippen LogP contribution is -2.29. The monoisotopic (exact) mass is 265 g/mol. The summed E-state index contributed by atoms with van der Waals surface area (Å²) in [6, 6.07) is 2.53. The van der Waals surface area contributed by atoms with Crippen molar-refractivity contribution >= 4 is 12.4 Å². The van der Waals surface area contributed by atoms with Crippen molar-refractivity contribution in [1.82, 2.24) is 0 Å². The van der Waals surface area contributed by atoms with Gasteiger partial charge in [-0.3, -0.25) is 0 Å². The number of aliphatic hydroxyl groups excluding tert-OH is 1. The molecule has 0 aliphatic heterocycles. The Labute approximate surface area is 106 Å². The Balaban J connectivity index is 0.00000256. The molecule has 1 aromatic carbocycles. The van der Waals surface area contributed by atoms with Crippen LogP contribution in [0.15, 0.2) is 18.2 Å². The van der Waals surface area contributed by atoms with E-state index in [0.717, 1.165) is 12.1 Å². The Morgan fingerprint density at radius 1 is 1.24 bits per heavy atom. The van der Waals surface area contributed by atoms with Crippen LogP contribution in [0.3, 0.4) is 0 Å². The lowest BCUT2D eigenvalue weighted by molar-refractivity contribution is 0.118. The molecule has 1 aromatic rings. The van der Waals surface area contributed by atoms with Crippen LogP contribution in [0.5, 0.6) is 0 Å². The average molecular weight is 266 g/mol. The summed E-state index contributed by atoms with van der Waals surface area (Å²) in [6.45, 7) is 3.82. The van der Waals surface area contributed by atoms with Crippen LogP contribution in [0, 0.1) is 17.6 Å². The highest BCUT2D eigenvalue weighted by Crippen LogP contribution is 2.24. The smallest absolute Gasteiger partial charge is 0.131 e. The molecule has 1 rings (SSSR count). The topological polar surface area (TPSA) is 46.2 Å². The Kier molecular flexibility index (Phi) is 6.60. The summed E-state index contributed by atoms with van der Waals surface area (Å²) in [4.78, 5) is 0. The van der Waals surface area contributed by atoms with E-state index < -0.39 is 23.8 Å². The van der Waals surface area contributed by atoms with E-state index in [1.165, 1.54) is 6.07 Å². The molecule has 0 aliphatic carbocycles. The number of hydrogen-bond donors (Lipinski definition) is 2. The van der Waals surface area contributed by atoms with Crippen LogP contribution in [0.25, 0.3) is 0 Å². The number of hydrogen-bond acceptors (Lipinski definition) is 2. The summed E-state index contributed by atoms with van der Waals surface area (Å²) in [7, 11) is 0. The third-order valence-electron chi connectivity index (χ3n) is 2.46. The molecule has 0 fully saturated rings. The number of nitrogens with two attached hydrogens (primary N) is 1. The Morgan fingerprint density at radius 3 is 2.12 bits per heavy atom. The van der Waals surface area contributed by atoms with E-state index in [1.54, 1.807) is 0 Å². The van der Waals surface area contributed by atoms with E-state index in [4.69, 9.17) is 5.73 Å². The minimum Gasteiger partial charge on any atom is -0.391 e. The highest BCUT2D eigenvalue weighted by Gasteiger charge is 2.23. The molecule has 98 valence electrons. The van der Waals surface area contributed by atoms with Crippen molar-refractivity contribution in [1.29, 1.82) is 0 Å². The van der Waals surface area contributed by atoms with E-state index >= 15 is 0 Å². The van der Waals surface area contributed by atoms with Gasteiger partial charge in [-0.25, -0.2) is 8.78 Å². The van der Waals surface area contributed by atoms with Gasteiger partial charge in [0.25, 0.3) is 0 Å². The number of halogens is 3. The largest absolute Gasteiger partial charge is 0.391 e. The van der Waals surface area contributed by atoms with Crippen LogP contribution < -0.4 is 5.73 Å². The second kappa shape index (κ2) is 6.89. The summed E-state index contributed by atoms with van der Waals surface area (Å²) < 4.78 is 26.7. The average Bonchev–Trinajstić information content (AvgIpc) is 2.16. The van der Waals surface area contributed by atoms with Gasteiger partial charge < -0.3 is 10.8 Å². The zero-order valence-corrected chi connectivity index (χ0v) is 10.7. The SMILES string of the molecule is CC(C)C[C@H](O)[C@H](N)c1c(F)cccc1F.Cl. The zero-order valence-electron chi connectivity index (χ0n) is 9.86. The molecule has 0 unspecified atom stereocenters. The first-order valence-electron chi connectivity index (χ1n) is 5.31. The van der Waals surface area contributed by atoms with E-state index in [0.29, 0.717) is 6.42 Å². The number of aliphatic hydroxyl groups is 1. The maximum absolute atomic E-state index is 13.4. The Bertz CT molecular complexity index is 340. The van der Waals surface area contributed by atoms with Gasteiger partial charge in [-0.05, 0) is 24.5 Å². The fraction of sp³-hybridized carbons (Fsp3) is 0.500. The highest BCUT2D eigenvalue weighted by atomic mass is 35.5. The molecular formula is C12H18ClF2NO. The molecular weight excluding hydrogens is 248 g/mol. The molecule has 0 amide bonds. The summed E-state index contributed by atoms with van der Waals surface area (Å²) >= 11 is 0. The van der Waals surface area contributed by atoms with E-state index in [1.807, 2.05) is 13.8 Å². The second-order valence-electron chi connectivity index (χ2n) is 4.36. The first kappa shape index (κ1) is 16.3. The molecule has 0 spiro atoms. The first-order valence-corrected chi connectivity index (χ1v) is 5.31. The minimum absolute atomic E-state index is 0. The second-order valence-corrected chi connectivity index (χ2v) is 4.36. The molecule has 0 bridgehead atoms. The van der Waals surface area contributed by atoms with Gasteiger partial charge in [-0.1, -0.05) is 19.9 Å². The molecule has 2 atom stereocenters. The number of benzene rings is 1. The third kappa shape index (κ3) is 4.22. The molecule has 0 saturated carbocycles. The van der Waals surface area contributed by atoms with E-state index in [9.17, 15) is 13.9 Å². The van der Waals surface area contributed by atoms with Crippen LogP contribution in [-0.2, 0) is 0 Å². The molecule has 0 heterocycles. The van der Waals surface area contributed by atoms with Crippen molar-refractivity contribution in [3.63, 3.8) is 0 Å². The molecule has 0 radical (unpaired) electrons. The van der Waals surface area contributed by atoms with Crippen molar-refractivity contribution in [2.24, 2.45) is 11.7 Å². The summed E-state index contributed by atoms with van der Waals surface area (Å²) in [5.41, 5.74) is 5.42. The van der Waals surface area contributed by atoms with Crippen LogP contribution in [0.4, 0.5) is 8.78 Å². The first-order chi connectivity index (χ1) is 7.43. The zero-order chi connectivity index (χ0) is 12.3. The standard InChI is InChI=1S/C12H17F2NO.ClH/c1-7(2)6-10(16)12(15)11-8(13)4-3-5-9(11)14;/h3-5,7,10,12,16H,6,15H2,1-2H3;1H/t10-,12-;/m0./s1. The molecule has 0 saturated heterocycles. The van der Waals surface area contributed by atoms with Gasteiger partial charge in [0.05, 0.1) is 12.1 Å². The lowest BCUT2D eigenvalue weighted by Gasteiger charge is -2.21. The summed E-state index contributed by atoms with van der Waals surface area (Å²) in [5, 5.41) is 9.73. The van der Waals surface area contributed by atoms with Gasteiger partial charge in [0.15, 0.2) is 0 Å². The summed E-state index contributed by atoms with van der Waals surface area (Å²) in [5.74, 6) is -1.21. The minimum atomic E-state index is -1.02.